The minimum Gasteiger partial charge on any atom is -0.493 e. The lowest BCUT2D eigenvalue weighted by molar-refractivity contribution is 0.0954. The fourth-order valence-electron chi connectivity index (χ4n) is 2.62. The van der Waals surface area contributed by atoms with Gasteiger partial charge in [-0.25, -0.2) is 0 Å². The van der Waals surface area contributed by atoms with Gasteiger partial charge >= 0.3 is 0 Å². The van der Waals surface area contributed by atoms with Crippen molar-refractivity contribution in [3.8, 4) is 17.2 Å². The smallest absolute Gasteiger partial charge is 0.251 e. The number of aryl methyl sites for hydroxylation is 1. The van der Waals surface area contributed by atoms with E-state index in [4.69, 9.17) is 14.2 Å². The van der Waals surface area contributed by atoms with Crippen LogP contribution in [0.4, 0.5) is 0 Å². The molecule has 2 aromatic carbocycles. The van der Waals surface area contributed by atoms with E-state index in [1.54, 1.807) is 31.0 Å². The van der Waals surface area contributed by atoms with Crippen LogP contribution in [0.2, 0.25) is 0 Å². The Labute approximate surface area is 158 Å². The van der Waals surface area contributed by atoms with Gasteiger partial charge in [0, 0.05) is 23.6 Å². The lowest BCUT2D eigenvalue weighted by Gasteiger charge is -2.21. The molecule has 0 fully saturated rings. The highest BCUT2D eigenvalue weighted by Crippen LogP contribution is 2.40. The van der Waals surface area contributed by atoms with E-state index in [0.717, 1.165) is 11.5 Å². The fraction of sp³-hybridized carbons (Fsp3) is 0.350. The Morgan fingerprint density at radius 3 is 2.73 bits per heavy atom. The van der Waals surface area contributed by atoms with Crippen LogP contribution in [0.15, 0.2) is 36.4 Å². The Balaban J connectivity index is 1.49. The molecule has 0 radical (unpaired) electrons. The number of hydrogen-bond acceptors (Lipinski definition) is 5. The first-order valence-electron chi connectivity index (χ1n) is 8.56. The zero-order chi connectivity index (χ0) is 18.4. The molecule has 0 spiro atoms. The van der Waals surface area contributed by atoms with Gasteiger partial charge in [-0.3, -0.25) is 4.79 Å². The van der Waals surface area contributed by atoms with Gasteiger partial charge in [0.15, 0.2) is 11.5 Å². The van der Waals surface area contributed by atoms with Gasteiger partial charge in [0.2, 0.25) is 5.75 Å². The molecule has 1 heterocycles. The van der Waals surface area contributed by atoms with Crippen molar-refractivity contribution in [2.45, 2.75) is 12.7 Å². The van der Waals surface area contributed by atoms with Gasteiger partial charge in [0.05, 0.1) is 7.11 Å². The number of carbonyl (C=O) groups is 1. The molecule has 2 aromatic rings. The van der Waals surface area contributed by atoms with Crippen LogP contribution in [-0.2, 0) is 5.75 Å². The van der Waals surface area contributed by atoms with E-state index in [1.807, 2.05) is 0 Å². The summed E-state index contributed by atoms with van der Waals surface area (Å²) in [6.07, 6.45) is 0. The molecule has 1 N–H and O–H groups in total. The van der Waals surface area contributed by atoms with E-state index >= 15 is 0 Å². The Bertz CT molecular complexity index is 744. The summed E-state index contributed by atoms with van der Waals surface area (Å²) in [5, 5.41) is 2.94. The third-order valence-corrected chi connectivity index (χ3v) is 5.04. The average Bonchev–Trinajstić information content (AvgIpc) is 2.68. The molecule has 0 saturated carbocycles. The molecule has 138 valence electrons. The highest BCUT2D eigenvalue weighted by atomic mass is 32.2. The Hall–Kier alpha value is -2.34. The number of rotatable bonds is 7. The molecule has 6 heteroatoms. The standard InChI is InChI=1S/C20H23NO4S/c1-14-3-5-15(6-4-14)13-26-10-7-21-20(22)16-11-17(23-2)19-18(12-16)24-8-9-25-19/h3-6,11-12H,7-10,13H2,1-2H3,(H,21,22). The molecule has 0 unspecified atom stereocenters. The van der Waals surface area contributed by atoms with Crippen molar-refractivity contribution in [2.24, 2.45) is 0 Å². The van der Waals surface area contributed by atoms with Gasteiger partial charge in [-0.1, -0.05) is 29.8 Å². The molecular weight excluding hydrogens is 350 g/mol. The number of ether oxygens (including phenoxy) is 3. The molecule has 1 amide bonds. The van der Waals surface area contributed by atoms with E-state index < -0.39 is 0 Å². The molecule has 0 aliphatic carbocycles. The van der Waals surface area contributed by atoms with Crippen LogP contribution in [-0.4, -0.2) is 38.5 Å². The number of carbonyl (C=O) groups excluding carboxylic acids is 1. The molecule has 0 bridgehead atoms. The monoisotopic (exact) mass is 373 g/mol. The van der Waals surface area contributed by atoms with Crippen LogP contribution in [0.5, 0.6) is 17.2 Å². The zero-order valence-corrected chi connectivity index (χ0v) is 15.9. The molecule has 0 atom stereocenters. The van der Waals surface area contributed by atoms with Gasteiger partial charge in [0.1, 0.15) is 13.2 Å². The van der Waals surface area contributed by atoms with E-state index in [2.05, 4.69) is 36.5 Å². The number of amides is 1. The Morgan fingerprint density at radius 2 is 1.96 bits per heavy atom. The van der Waals surface area contributed by atoms with Gasteiger partial charge in [-0.2, -0.15) is 11.8 Å². The van der Waals surface area contributed by atoms with E-state index in [1.165, 1.54) is 11.1 Å². The molecule has 3 rings (SSSR count). The van der Waals surface area contributed by atoms with Gasteiger partial charge in [0.25, 0.3) is 5.91 Å². The number of thioether (sulfide) groups is 1. The quantitative estimate of drug-likeness (QED) is 0.754. The van der Waals surface area contributed by atoms with E-state index in [-0.39, 0.29) is 5.91 Å². The molecule has 1 aliphatic rings. The summed E-state index contributed by atoms with van der Waals surface area (Å²) < 4.78 is 16.4. The summed E-state index contributed by atoms with van der Waals surface area (Å²) in [6, 6.07) is 11.9. The van der Waals surface area contributed by atoms with Crippen LogP contribution >= 0.6 is 11.8 Å². The largest absolute Gasteiger partial charge is 0.493 e. The summed E-state index contributed by atoms with van der Waals surface area (Å²) in [5.74, 6) is 3.27. The van der Waals surface area contributed by atoms with Crippen molar-refractivity contribution in [3.63, 3.8) is 0 Å². The summed E-state index contributed by atoms with van der Waals surface area (Å²) >= 11 is 1.80. The maximum absolute atomic E-state index is 12.4. The number of hydrogen-bond donors (Lipinski definition) is 1. The van der Waals surface area contributed by atoms with E-state index in [9.17, 15) is 4.79 Å². The topological polar surface area (TPSA) is 56.8 Å². The highest BCUT2D eigenvalue weighted by Gasteiger charge is 2.20. The average molecular weight is 373 g/mol. The van der Waals surface area contributed by atoms with Crippen molar-refractivity contribution >= 4 is 17.7 Å². The van der Waals surface area contributed by atoms with Crippen LogP contribution in [0.25, 0.3) is 0 Å². The SMILES string of the molecule is COc1cc(C(=O)NCCSCc2ccc(C)cc2)cc2c1OCCO2. The first-order valence-corrected chi connectivity index (χ1v) is 9.72. The normalized spacial score (nSPS) is 12.5. The summed E-state index contributed by atoms with van der Waals surface area (Å²) in [4.78, 5) is 12.4. The van der Waals surface area contributed by atoms with Crippen molar-refractivity contribution in [3.05, 3.63) is 53.1 Å². The third kappa shape index (κ3) is 4.64. The van der Waals surface area contributed by atoms with Gasteiger partial charge in [-0.05, 0) is 24.6 Å². The van der Waals surface area contributed by atoms with Crippen LogP contribution in [0.1, 0.15) is 21.5 Å². The van der Waals surface area contributed by atoms with E-state index in [0.29, 0.717) is 42.6 Å². The third-order valence-electron chi connectivity index (χ3n) is 4.01. The first-order chi connectivity index (χ1) is 12.7. The van der Waals surface area contributed by atoms with Crippen molar-refractivity contribution in [2.75, 3.05) is 32.6 Å². The Morgan fingerprint density at radius 1 is 1.19 bits per heavy atom. The maximum atomic E-state index is 12.4. The van der Waals surface area contributed by atoms with Crippen LogP contribution in [0, 0.1) is 6.92 Å². The number of methoxy groups -OCH3 is 1. The van der Waals surface area contributed by atoms with Crippen LogP contribution < -0.4 is 19.5 Å². The van der Waals surface area contributed by atoms with Crippen molar-refractivity contribution in [1.82, 2.24) is 5.32 Å². The zero-order valence-electron chi connectivity index (χ0n) is 15.0. The molecule has 1 aliphatic heterocycles. The minimum atomic E-state index is -0.142. The lowest BCUT2D eigenvalue weighted by Crippen LogP contribution is -2.26. The second-order valence-electron chi connectivity index (χ2n) is 6.00. The summed E-state index contributed by atoms with van der Waals surface area (Å²) in [7, 11) is 1.55. The van der Waals surface area contributed by atoms with Crippen molar-refractivity contribution < 1.29 is 19.0 Å². The van der Waals surface area contributed by atoms with Gasteiger partial charge in [-0.15, -0.1) is 0 Å². The summed E-state index contributed by atoms with van der Waals surface area (Å²) in [5.41, 5.74) is 3.07. The molecular formula is C20H23NO4S. The second kappa shape index (κ2) is 8.85. The molecule has 26 heavy (non-hydrogen) atoms. The Kier molecular flexibility index (Phi) is 6.28. The number of nitrogens with one attached hydrogen (secondary N) is 1. The highest BCUT2D eigenvalue weighted by molar-refractivity contribution is 7.98. The predicted octanol–water partition coefficient (Wildman–Crippen LogP) is 3.44. The second-order valence-corrected chi connectivity index (χ2v) is 7.10. The maximum Gasteiger partial charge on any atom is 0.251 e. The van der Waals surface area contributed by atoms with Crippen molar-refractivity contribution in [1.29, 1.82) is 0 Å². The fourth-order valence-corrected chi connectivity index (χ4v) is 3.44. The lowest BCUT2D eigenvalue weighted by atomic mass is 10.1. The predicted molar refractivity (Wildman–Crippen MR) is 104 cm³/mol. The number of benzene rings is 2. The number of fused-ring (bicyclic) bond motifs is 1. The van der Waals surface area contributed by atoms with Gasteiger partial charge < -0.3 is 19.5 Å². The summed E-state index contributed by atoms with van der Waals surface area (Å²) in [6.45, 7) is 3.63. The minimum absolute atomic E-state index is 0.142. The molecule has 0 saturated heterocycles. The molecule has 0 aromatic heterocycles. The van der Waals surface area contributed by atoms with Crippen LogP contribution in [0.3, 0.4) is 0 Å². The molecule has 5 nitrogen and oxygen atoms in total. The first kappa shape index (κ1) is 18.5.